The van der Waals surface area contributed by atoms with Crippen molar-refractivity contribution >= 4 is 22.6 Å². The van der Waals surface area contributed by atoms with Gasteiger partial charge >= 0.3 is 5.76 Å². The summed E-state index contributed by atoms with van der Waals surface area (Å²) in [6.45, 7) is 0. The molecule has 2 rings (SSSR count). The molecule has 0 spiro atoms. The minimum atomic E-state index is -0.625. The van der Waals surface area contributed by atoms with Gasteiger partial charge in [-0.3, -0.25) is 9.51 Å². The lowest BCUT2D eigenvalue weighted by molar-refractivity contribution is 0.388. The number of hydrogen-bond acceptors (Lipinski definition) is 3. The molecule has 1 heterocycles. The fourth-order valence-corrected chi connectivity index (χ4v) is 1.76. The van der Waals surface area contributed by atoms with E-state index in [0.717, 1.165) is 0 Å². The van der Waals surface area contributed by atoms with Gasteiger partial charge in [-0.2, -0.15) is 0 Å². The molecule has 0 aliphatic heterocycles. The highest BCUT2D eigenvalue weighted by molar-refractivity contribution is 14.1. The maximum absolute atomic E-state index is 12.7. The summed E-state index contributed by atoms with van der Waals surface area (Å²) in [5, 5.41) is 3.51. The molecule has 0 aliphatic rings. The van der Waals surface area contributed by atoms with Gasteiger partial charge in [-0.1, -0.05) is 5.16 Å². The van der Waals surface area contributed by atoms with Gasteiger partial charge in [-0.15, -0.1) is 0 Å². The summed E-state index contributed by atoms with van der Waals surface area (Å²) < 4.78 is 17.8. The average molecular weight is 306 g/mol. The van der Waals surface area contributed by atoms with E-state index in [4.69, 9.17) is 0 Å². The predicted octanol–water partition coefficient (Wildman–Crippen LogP) is 1.77. The van der Waals surface area contributed by atoms with Gasteiger partial charge in [0.1, 0.15) is 5.82 Å². The van der Waals surface area contributed by atoms with Gasteiger partial charge in [0.25, 0.3) is 0 Å². The van der Waals surface area contributed by atoms with Gasteiger partial charge in [0.2, 0.25) is 0 Å². The lowest BCUT2D eigenvalue weighted by atomic mass is 10.2. The van der Waals surface area contributed by atoms with Crippen LogP contribution in [0.4, 0.5) is 4.39 Å². The molecule has 1 aromatic heterocycles. The Morgan fingerprint density at radius 2 is 2.29 bits per heavy atom. The van der Waals surface area contributed by atoms with E-state index in [9.17, 15) is 9.18 Å². The summed E-state index contributed by atoms with van der Waals surface area (Å²) in [4.78, 5) is 13.1. The van der Waals surface area contributed by atoms with Crippen molar-refractivity contribution < 1.29 is 8.91 Å². The first kappa shape index (κ1) is 9.38. The third kappa shape index (κ3) is 1.69. The molecule has 0 unspecified atom stereocenters. The Morgan fingerprint density at radius 1 is 1.50 bits per heavy atom. The van der Waals surface area contributed by atoms with Crippen molar-refractivity contribution in [2.75, 3.05) is 0 Å². The first-order valence-corrected chi connectivity index (χ1v) is 4.76. The molecule has 0 saturated heterocycles. The van der Waals surface area contributed by atoms with E-state index in [1.54, 1.807) is 0 Å². The van der Waals surface area contributed by atoms with Crippen molar-refractivity contribution in [1.29, 1.82) is 0 Å². The number of nitrogens with zero attached hydrogens (tertiary/aromatic N) is 1. The largest absolute Gasteiger partial charge is 0.439 e. The normalized spacial score (nSPS) is 10.4. The average Bonchev–Trinajstić information content (AvgIpc) is 2.51. The minimum absolute atomic E-state index is 0.305. The third-order valence-electron chi connectivity index (χ3n) is 1.63. The van der Waals surface area contributed by atoms with Crippen LogP contribution in [0.25, 0.3) is 11.4 Å². The fourth-order valence-electron chi connectivity index (χ4n) is 1.03. The monoisotopic (exact) mass is 306 g/mol. The van der Waals surface area contributed by atoms with Crippen LogP contribution in [0.1, 0.15) is 0 Å². The van der Waals surface area contributed by atoms with E-state index in [1.807, 2.05) is 22.6 Å². The Labute approximate surface area is 91.3 Å². The van der Waals surface area contributed by atoms with Crippen molar-refractivity contribution in [3.8, 4) is 11.4 Å². The van der Waals surface area contributed by atoms with Crippen molar-refractivity contribution in [3.63, 3.8) is 0 Å². The second-order valence-electron chi connectivity index (χ2n) is 2.57. The molecule has 2 aromatic rings. The van der Waals surface area contributed by atoms with E-state index in [1.165, 1.54) is 18.2 Å². The summed E-state index contributed by atoms with van der Waals surface area (Å²) in [6, 6.07) is 4.18. The third-order valence-corrected chi connectivity index (χ3v) is 2.52. The Hall–Kier alpha value is -1.18. The van der Waals surface area contributed by atoms with Gasteiger partial charge in [0.15, 0.2) is 5.82 Å². The Balaban J connectivity index is 2.57. The molecule has 0 fully saturated rings. The molecule has 72 valence electrons. The lowest BCUT2D eigenvalue weighted by Gasteiger charge is -1.98. The summed E-state index contributed by atoms with van der Waals surface area (Å²) in [6.07, 6.45) is 0. The summed E-state index contributed by atoms with van der Waals surface area (Å²) in [7, 11) is 0. The minimum Gasteiger partial charge on any atom is -0.296 e. The quantitative estimate of drug-likeness (QED) is 0.817. The molecule has 1 aromatic carbocycles. The molecule has 0 saturated carbocycles. The van der Waals surface area contributed by atoms with Crippen molar-refractivity contribution in [1.82, 2.24) is 10.1 Å². The van der Waals surface area contributed by atoms with Crippen LogP contribution in [0, 0.1) is 9.39 Å². The van der Waals surface area contributed by atoms with Gasteiger partial charge in [0.05, 0.1) is 0 Å². The Bertz CT molecular complexity index is 520. The van der Waals surface area contributed by atoms with Crippen molar-refractivity contribution in [2.24, 2.45) is 0 Å². The van der Waals surface area contributed by atoms with Crippen molar-refractivity contribution in [2.45, 2.75) is 0 Å². The van der Waals surface area contributed by atoms with Crippen LogP contribution in [-0.4, -0.2) is 10.1 Å². The van der Waals surface area contributed by atoms with E-state index in [-0.39, 0.29) is 5.82 Å². The SMILES string of the molecule is O=c1[nH]c(-c2ccc(F)cc2I)no1. The molecular weight excluding hydrogens is 302 g/mol. The topological polar surface area (TPSA) is 58.9 Å². The predicted molar refractivity (Wildman–Crippen MR) is 55.2 cm³/mol. The second-order valence-corrected chi connectivity index (χ2v) is 3.73. The Morgan fingerprint density at radius 3 is 2.86 bits per heavy atom. The highest BCUT2D eigenvalue weighted by atomic mass is 127. The van der Waals surface area contributed by atoms with Gasteiger partial charge in [-0.05, 0) is 40.8 Å². The standard InChI is InChI=1S/C8H4FIN2O2/c9-4-1-2-5(6(10)3-4)7-11-8(13)14-12-7/h1-3H,(H,11,12,13). The van der Waals surface area contributed by atoms with Crippen LogP contribution in [0.2, 0.25) is 0 Å². The first-order chi connectivity index (χ1) is 6.66. The highest BCUT2D eigenvalue weighted by Crippen LogP contribution is 2.21. The van der Waals surface area contributed by atoms with Crippen LogP contribution in [0.3, 0.4) is 0 Å². The van der Waals surface area contributed by atoms with Gasteiger partial charge in [-0.25, -0.2) is 9.18 Å². The highest BCUT2D eigenvalue weighted by Gasteiger charge is 2.08. The zero-order valence-electron chi connectivity index (χ0n) is 6.75. The van der Waals surface area contributed by atoms with Crippen molar-refractivity contribution in [3.05, 3.63) is 38.1 Å². The molecular formula is C8H4FIN2O2. The zero-order chi connectivity index (χ0) is 10.1. The lowest BCUT2D eigenvalue weighted by Crippen LogP contribution is -1.95. The molecule has 0 aliphatic carbocycles. The molecule has 0 amide bonds. The number of aromatic amines is 1. The zero-order valence-corrected chi connectivity index (χ0v) is 8.91. The Kier molecular flexibility index (Phi) is 2.36. The summed E-state index contributed by atoms with van der Waals surface area (Å²) in [5.74, 6) is -0.650. The van der Waals surface area contributed by atoms with Gasteiger partial charge in [0, 0.05) is 9.13 Å². The summed E-state index contributed by atoms with van der Waals surface area (Å²) >= 11 is 1.96. The number of halogens is 2. The maximum atomic E-state index is 12.7. The smallest absolute Gasteiger partial charge is 0.296 e. The number of nitrogens with one attached hydrogen (secondary N) is 1. The molecule has 0 atom stereocenters. The fraction of sp³-hybridized carbons (Fsp3) is 0. The number of aromatic nitrogens is 2. The summed E-state index contributed by atoms with van der Waals surface area (Å²) in [5.41, 5.74) is 0.637. The van der Waals surface area contributed by atoms with Crippen LogP contribution in [0.5, 0.6) is 0 Å². The maximum Gasteiger partial charge on any atom is 0.439 e. The molecule has 6 heteroatoms. The van der Waals surface area contributed by atoms with Crippen LogP contribution >= 0.6 is 22.6 Å². The number of hydrogen-bond donors (Lipinski definition) is 1. The molecule has 14 heavy (non-hydrogen) atoms. The van der Waals surface area contributed by atoms with Crippen LogP contribution in [0.15, 0.2) is 27.5 Å². The van der Waals surface area contributed by atoms with E-state index >= 15 is 0 Å². The van der Waals surface area contributed by atoms with Crippen LogP contribution < -0.4 is 5.76 Å². The van der Waals surface area contributed by atoms with E-state index in [0.29, 0.717) is 15.0 Å². The number of rotatable bonds is 1. The molecule has 0 bridgehead atoms. The molecule has 0 radical (unpaired) electrons. The molecule has 1 N–H and O–H groups in total. The number of H-pyrrole nitrogens is 1. The van der Waals surface area contributed by atoms with E-state index < -0.39 is 5.76 Å². The number of benzene rings is 1. The van der Waals surface area contributed by atoms with Gasteiger partial charge < -0.3 is 0 Å². The van der Waals surface area contributed by atoms with Crippen LogP contribution in [-0.2, 0) is 0 Å². The second kappa shape index (κ2) is 3.52. The molecule has 4 nitrogen and oxygen atoms in total. The first-order valence-electron chi connectivity index (χ1n) is 3.68. The van der Waals surface area contributed by atoms with E-state index in [2.05, 4.69) is 14.7 Å².